The van der Waals surface area contributed by atoms with Gasteiger partial charge < -0.3 is 5.32 Å². The molecule has 1 heterocycles. The van der Waals surface area contributed by atoms with Gasteiger partial charge in [-0.2, -0.15) is 0 Å². The van der Waals surface area contributed by atoms with Gasteiger partial charge in [-0.15, -0.1) is 11.8 Å². The van der Waals surface area contributed by atoms with E-state index in [2.05, 4.69) is 5.32 Å². The highest BCUT2D eigenvalue weighted by Gasteiger charge is 2.49. The Hall–Kier alpha value is -2.79. The molecule has 1 aliphatic rings. The Morgan fingerprint density at radius 2 is 1.67 bits per heavy atom. The molecule has 1 aliphatic heterocycles. The highest BCUT2D eigenvalue weighted by Crippen LogP contribution is 2.34. The number of carbonyl (C=O) groups excluding carboxylic acids is 2. The van der Waals surface area contributed by atoms with Crippen LogP contribution in [0.25, 0.3) is 10.8 Å². The van der Waals surface area contributed by atoms with Crippen molar-refractivity contribution < 1.29 is 9.59 Å². The number of hydrogen-bond acceptors (Lipinski definition) is 3. The van der Waals surface area contributed by atoms with Crippen molar-refractivity contribution in [3.63, 3.8) is 0 Å². The maximum Gasteiger partial charge on any atom is 0.325 e. The van der Waals surface area contributed by atoms with Crippen molar-refractivity contribution in [2.24, 2.45) is 0 Å². The Kier molecular flexibility index (Phi) is 4.40. The molecule has 27 heavy (non-hydrogen) atoms. The van der Waals surface area contributed by atoms with Crippen LogP contribution >= 0.6 is 11.8 Å². The number of urea groups is 1. The second-order valence-corrected chi connectivity index (χ2v) is 7.70. The second kappa shape index (κ2) is 6.74. The standard InChI is InChI=1S/C22H20N2O2S/c1-22(19-9-5-7-16-6-3-4-8-18(16)19)20(25)24(21(26)23-22)14-15-10-12-17(27-2)13-11-15/h3-13H,14H2,1-2H3,(H,23,26). The summed E-state index contributed by atoms with van der Waals surface area (Å²) in [5, 5.41) is 4.93. The molecule has 0 aliphatic carbocycles. The lowest BCUT2D eigenvalue weighted by atomic mass is 9.88. The van der Waals surface area contributed by atoms with E-state index in [4.69, 9.17) is 0 Å². The van der Waals surface area contributed by atoms with Crippen LogP contribution in [0.1, 0.15) is 18.1 Å². The van der Waals surface area contributed by atoms with E-state index in [1.165, 1.54) is 4.90 Å². The summed E-state index contributed by atoms with van der Waals surface area (Å²) in [6, 6.07) is 21.3. The van der Waals surface area contributed by atoms with E-state index < -0.39 is 5.54 Å². The Morgan fingerprint density at radius 3 is 2.41 bits per heavy atom. The van der Waals surface area contributed by atoms with Gasteiger partial charge in [-0.1, -0.05) is 54.6 Å². The van der Waals surface area contributed by atoms with E-state index in [-0.39, 0.29) is 18.5 Å². The second-order valence-electron chi connectivity index (χ2n) is 6.82. The number of rotatable bonds is 4. The quantitative estimate of drug-likeness (QED) is 0.538. The summed E-state index contributed by atoms with van der Waals surface area (Å²) in [5.41, 5.74) is 0.676. The first-order valence-corrected chi connectivity index (χ1v) is 10.0. The summed E-state index contributed by atoms with van der Waals surface area (Å²) in [6.07, 6.45) is 2.02. The van der Waals surface area contributed by atoms with Gasteiger partial charge in [0.2, 0.25) is 0 Å². The van der Waals surface area contributed by atoms with E-state index in [0.717, 1.165) is 26.8 Å². The first-order valence-electron chi connectivity index (χ1n) is 8.78. The van der Waals surface area contributed by atoms with Crippen molar-refractivity contribution in [1.29, 1.82) is 0 Å². The van der Waals surface area contributed by atoms with Crippen molar-refractivity contribution in [3.05, 3.63) is 77.9 Å². The minimum atomic E-state index is -1.07. The molecule has 0 aromatic heterocycles. The molecule has 136 valence electrons. The number of imide groups is 1. The minimum Gasteiger partial charge on any atom is -0.319 e. The number of nitrogens with one attached hydrogen (secondary N) is 1. The Labute approximate surface area is 162 Å². The normalized spacial score (nSPS) is 19.6. The lowest BCUT2D eigenvalue weighted by Crippen LogP contribution is -2.41. The summed E-state index contributed by atoms with van der Waals surface area (Å²) in [6.45, 7) is 2.05. The maximum absolute atomic E-state index is 13.2. The SMILES string of the molecule is CSc1ccc(CN2C(=O)NC(C)(c3cccc4ccccc34)C2=O)cc1. The van der Waals surface area contributed by atoms with Gasteiger partial charge in [0.25, 0.3) is 5.91 Å². The van der Waals surface area contributed by atoms with Crippen molar-refractivity contribution in [2.75, 3.05) is 6.26 Å². The summed E-state index contributed by atoms with van der Waals surface area (Å²) in [4.78, 5) is 28.3. The predicted octanol–water partition coefficient (Wildman–Crippen LogP) is 4.53. The predicted molar refractivity (Wildman–Crippen MR) is 109 cm³/mol. The van der Waals surface area contributed by atoms with E-state index in [1.807, 2.05) is 73.0 Å². The number of carbonyl (C=O) groups is 2. The molecule has 1 N–H and O–H groups in total. The van der Waals surface area contributed by atoms with Crippen molar-refractivity contribution in [3.8, 4) is 0 Å². The molecule has 0 bridgehead atoms. The number of amides is 3. The van der Waals surface area contributed by atoms with E-state index in [0.29, 0.717) is 0 Å². The lowest BCUT2D eigenvalue weighted by Gasteiger charge is -2.24. The van der Waals surface area contributed by atoms with Gasteiger partial charge in [0.05, 0.1) is 6.54 Å². The Balaban J connectivity index is 1.68. The summed E-state index contributed by atoms with van der Waals surface area (Å²) in [5.74, 6) is -0.224. The maximum atomic E-state index is 13.2. The highest BCUT2D eigenvalue weighted by atomic mass is 32.2. The first-order chi connectivity index (χ1) is 13.0. The van der Waals surface area contributed by atoms with Gasteiger partial charge in [-0.05, 0) is 47.2 Å². The van der Waals surface area contributed by atoms with Gasteiger partial charge >= 0.3 is 6.03 Å². The lowest BCUT2D eigenvalue weighted by molar-refractivity contribution is -0.131. The third-order valence-corrected chi connectivity index (χ3v) is 5.85. The molecule has 4 nitrogen and oxygen atoms in total. The number of benzene rings is 3. The molecule has 3 aromatic carbocycles. The van der Waals surface area contributed by atoms with E-state index in [1.54, 1.807) is 18.7 Å². The van der Waals surface area contributed by atoms with Crippen LogP contribution < -0.4 is 5.32 Å². The van der Waals surface area contributed by atoms with E-state index in [9.17, 15) is 9.59 Å². The van der Waals surface area contributed by atoms with Crippen LogP contribution in [0.2, 0.25) is 0 Å². The van der Waals surface area contributed by atoms with Gasteiger partial charge in [-0.3, -0.25) is 9.69 Å². The van der Waals surface area contributed by atoms with Crippen LogP contribution in [0, 0.1) is 0 Å². The summed E-state index contributed by atoms with van der Waals surface area (Å²) >= 11 is 1.66. The van der Waals surface area contributed by atoms with Gasteiger partial charge in [0.1, 0.15) is 5.54 Å². The van der Waals surface area contributed by atoms with Gasteiger partial charge in [-0.25, -0.2) is 4.79 Å². The summed E-state index contributed by atoms with van der Waals surface area (Å²) < 4.78 is 0. The Bertz CT molecular complexity index is 1030. The molecule has 3 amide bonds. The molecule has 1 unspecified atom stereocenters. The first kappa shape index (κ1) is 17.6. The molecule has 1 saturated heterocycles. The number of nitrogens with zero attached hydrogens (tertiary/aromatic N) is 1. The molecular weight excluding hydrogens is 356 g/mol. The smallest absolute Gasteiger partial charge is 0.319 e. The van der Waals surface area contributed by atoms with Crippen LogP contribution in [0.15, 0.2) is 71.6 Å². The van der Waals surface area contributed by atoms with Crippen LogP contribution in [0.4, 0.5) is 4.79 Å². The van der Waals surface area contributed by atoms with Gasteiger partial charge in [0, 0.05) is 4.90 Å². The van der Waals surface area contributed by atoms with Crippen molar-refractivity contribution >= 4 is 34.5 Å². The van der Waals surface area contributed by atoms with Crippen LogP contribution in [-0.2, 0) is 16.9 Å². The molecule has 1 atom stereocenters. The summed E-state index contributed by atoms with van der Waals surface area (Å²) in [7, 11) is 0. The number of hydrogen-bond donors (Lipinski definition) is 1. The van der Waals surface area contributed by atoms with Gasteiger partial charge in [0.15, 0.2) is 0 Å². The molecule has 0 saturated carbocycles. The third-order valence-electron chi connectivity index (χ3n) is 5.10. The topological polar surface area (TPSA) is 49.4 Å². The molecule has 5 heteroatoms. The molecular formula is C22H20N2O2S. The number of fused-ring (bicyclic) bond motifs is 1. The molecule has 3 aromatic rings. The van der Waals surface area contributed by atoms with Crippen molar-refractivity contribution in [2.45, 2.75) is 23.9 Å². The average Bonchev–Trinajstić information content (AvgIpc) is 2.92. The van der Waals surface area contributed by atoms with Crippen LogP contribution in [-0.4, -0.2) is 23.1 Å². The number of thioether (sulfide) groups is 1. The average molecular weight is 376 g/mol. The monoisotopic (exact) mass is 376 g/mol. The fourth-order valence-electron chi connectivity index (χ4n) is 3.60. The fraction of sp³-hybridized carbons (Fsp3) is 0.182. The van der Waals surface area contributed by atoms with Crippen molar-refractivity contribution in [1.82, 2.24) is 10.2 Å². The molecule has 0 radical (unpaired) electrons. The minimum absolute atomic E-state index is 0.224. The molecule has 1 fully saturated rings. The zero-order valence-electron chi connectivity index (χ0n) is 15.2. The molecule has 4 rings (SSSR count). The highest BCUT2D eigenvalue weighted by molar-refractivity contribution is 7.98. The molecule has 0 spiro atoms. The largest absolute Gasteiger partial charge is 0.325 e. The zero-order valence-corrected chi connectivity index (χ0v) is 16.0. The van der Waals surface area contributed by atoms with Crippen LogP contribution in [0.5, 0.6) is 0 Å². The third kappa shape index (κ3) is 2.98. The zero-order chi connectivity index (χ0) is 19.0. The fourth-order valence-corrected chi connectivity index (χ4v) is 4.01. The van der Waals surface area contributed by atoms with Crippen LogP contribution in [0.3, 0.4) is 0 Å². The van der Waals surface area contributed by atoms with E-state index >= 15 is 0 Å². The Morgan fingerprint density at radius 1 is 0.963 bits per heavy atom.